The topological polar surface area (TPSA) is 67.2 Å². The van der Waals surface area contributed by atoms with Gasteiger partial charge in [0.15, 0.2) is 0 Å². The van der Waals surface area contributed by atoms with Gasteiger partial charge < -0.3 is 10.2 Å². The van der Waals surface area contributed by atoms with Gasteiger partial charge in [-0.3, -0.25) is 9.59 Å². The van der Waals surface area contributed by atoms with Crippen LogP contribution in [0.5, 0.6) is 0 Å². The second kappa shape index (κ2) is 8.37. The van der Waals surface area contributed by atoms with Gasteiger partial charge in [-0.15, -0.1) is 11.3 Å². The van der Waals surface area contributed by atoms with Crippen molar-refractivity contribution < 1.29 is 22.8 Å². The van der Waals surface area contributed by atoms with Crippen molar-refractivity contribution in [3.05, 3.63) is 63.0 Å². The average Bonchev–Trinajstić information content (AvgIpc) is 3.32. The van der Waals surface area contributed by atoms with E-state index in [-0.39, 0.29) is 5.69 Å². The zero-order valence-electron chi connectivity index (χ0n) is 14.9. The lowest BCUT2D eigenvalue weighted by atomic mass is 10.1. The van der Waals surface area contributed by atoms with Crippen molar-refractivity contribution in [3.8, 4) is 5.69 Å². The van der Waals surface area contributed by atoms with Crippen molar-refractivity contribution in [1.82, 2.24) is 14.7 Å². The normalized spacial score (nSPS) is 11.3. The smallest absolute Gasteiger partial charge is 0.332 e. The summed E-state index contributed by atoms with van der Waals surface area (Å²) in [4.78, 5) is 26.1. The van der Waals surface area contributed by atoms with Crippen LogP contribution in [0.15, 0.2) is 52.6 Å². The highest BCUT2D eigenvalue weighted by Gasteiger charge is 2.34. The molecule has 29 heavy (non-hydrogen) atoms. The van der Waals surface area contributed by atoms with E-state index in [9.17, 15) is 22.8 Å². The summed E-state index contributed by atoms with van der Waals surface area (Å²) >= 11 is 4.45. The standard InChI is InChI=1S/C18H14BrF3N4O2S/c1-25(17(28)14-5-6-15(19)29-14)10-16(27)24-13-4-3-11(26-8-2-7-23-26)9-12(13)18(20,21)22/h2-9H,10H2,1H3,(H,24,27). The number of rotatable bonds is 5. The zero-order valence-corrected chi connectivity index (χ0v) is 17.3. The highest BCUT2D eigenvalue weighted by molar-refractivity contribution is 9.11. The van der Waals surface area contributed by atoms with E-state index >= 15 is 0 Å². The van der Waals surface area contributed by atoms with Gasteiger partial charge in [0.2, 0.25) is 5.91 Å². The Bertz CT molecular complexity index is 1030. The number of amides is 2. The molecule has 1 N–H and O–H groups in total. The lowest BCUT2D eigenvalue weighted by molar-refractivity contribution is -0.137. The molecule has 0 bridgehead atoms. The fourth-order valence-electron chi connectivity index (χ4n) is 2.53. The summed E-state index contributed by atoms with van der Waals surface area (Å²) in [5, 5.41) is 6.15. The second-order valence-electron chi connectivity index (χ2n) is 5.99. The van der Waals surface area contributed by atoms with Gasteiger partial charge in [0.05, 0.1) is 32.1 Å². The van der Waals surface area contributed by atoms with Crippen LogP contribution >= 0.6 is 27.3 Å². The van der Waals surface area contributed by atoms with Crippen LogP contribution in [0, 0.1) is 0 Å². The molecule has 0 atom stereocenters. The van der Waals surface area contributed by atoms with Gasteiger partial charge >= 0.3 is 6.18 Å². The number of nitrogens with zero attached hydrogens (tertiary/aromatic N) is 3. The van der Waals surface area contributed by atoms with Gasteiger partial charge in [-0.05, 0) is 52.3 Å². The molecule has 0 aliphatic rings. The largest absolute Gasteiger partial charge is 0.418 e. The zero-order chi connectivity index (χ0) is 21.2. The molecule has 0 saturated heterocycles. The molecule has 0 aliphatic heterocycles. The first-order valence-corrected chi connectivity index (χ1v) is 9.78. The van der Waals surface area contributed by atoms with Gasteiger partial charge in [-0.2, -0.15) is 18.3 Å². The maximum absolute atomic E-state index is 13.5. The average molecular weight is 487 g/mol. The molecule has 2 amide bonds. The maximum atomic E-state index is 13.5. The van der Waals surface area contributed by atoms with E-state index in [4.69, 9.17) is 0 Å². The summed E-state index contributed by atoms with van der Waals surface area (Å²) in [6.07, 6.45) is -1.73. The maximum Gasteiger partial charge on any atom is 0.418 e. The third-order valence-corrected chi connectivity index (χ3v) is 5.47. The van der Waals surface area contributed by atoms with E-state index in [1.165, 1.54) is 41.5 Å². The SMILES string of the molecule is CN(CC(=O)Nc1ccc(-n2cccn2)cc1C(F)(F)F)C(=O)c1ccc(Br)s1. The Labute approximate surface area is 176 Å². The minimum absolute atomic E-state index is 0.205. The second-order valence-corrected chi connectivity index (χ2v) is 8.45. The summed E-state index contributed by atoms with van der Waals surface area (Å²) < 4.78 is 42.5. The molecule has 2 aromatic heterocycles. The van der Waals surface area contributed by atoms with E-state index in [1.54, 1.807) is 18.2 Å². The molecular formula is C18H14BrF3N4O2S. The van der Waals surface area contributed by atoms with Crippen LogP contribution in [-0.2, 0) is 11.0 Å². The van der Waals surface area contributed by atoms with Crippen molar-refractivity contribution >= 4 is 44.8 Å². The van der Waals surface area contributed by atoms with E-state index < -0.39 is 35.8 Å². The van der Waals surface area contributed by atoms with E-state index in [2.05, 4.69) is 26.3 Å². The van der Waals surface area contributed by atoms with Crippen molar-refractivity contribution in [2.24, 2.45) is 0 Å². The van der Waals surface area contributed by atoms with Crippen molar-refractivity contribution in [2.75, 3.05) is 18.9 Å². The molecule has 0 unspecified atom stereocenters. The Morgan fingerprint density at radius 1 is 1.28 bits per heavy atom. The quantitative estimate of drug-likeness (QED) is 0.580. The third-order valence-electron chi connectivity index (χ3n) is 3.86. The fraction of sp³-hybridized carbons (Fsp3) is 0.167. The molecule has 11 heteroatoms. The number of halogens is 4. The van der Waals surface area contributed by atoms with Crippen LogP contribution in [0.2, 0.25) is 0 Å². The number of hydrogen-bond donors (Lipinski definition) is 1. The first-order chi connectivity index (χ1) is 13.6. The van der Waals surface area contributed by atoms with Gasteiger partial charge in [0.1, 0.15) is 0 Å². The molecule has 0 saturated carbocycles. The number of carbonyl (C=O) groups is 2. The number of anilines is 1. The molecule has 0 fully saturated rings. The lowest BCUT2D eigenvalue weighted by Gasteiger charge is -2.18. The number of likely N-dealkylation sites (N-methyl/N-ethyl adjacent to an activating group) is 1. The fourth-order valence-corrected chi connectivity index (χ4v) is 3.91. The van der Waals surface area contributed by atoms with Gasteiger partial charge in [-0.25, -0.2) is 4.68 Å². The van der Waals surface area contributed by atoms with E-state index in [1.807, 2.05) is 0 Å². The van der Waals surface area contributed by atoms with Crippen LogP contribution in [0.3, 0.4) is 0 Å². The lowest BCUT2D eigenvalue weighted by Crippen LogP contribution is -2.34. The van der Waals surface area contributed by atoms with Gasteiger partial charge in [0, 0.05) is 19.4 Å². The number of aromatic nitrogens is 2. The molecule has 0 radical (unpaired) electrons. The molecule has 6 nitrogen and oxygen atoms in total. The monoisotopic (exact) mass is 486 g/mol. The Kier molecular flexibility index (Phi) is 6.08. The van der Waals surface area contributed by atoms with Gasteiger partial charge in [0.25, 0.3) is 5.91 Å². The molecule has 0 spiro atoms. The van der Waals surface area contributed by atoms with Gasteiger partial charge in [-0.1, -0.05) is 0 Å². The van der Waals surface area contributed by atoms with Crippen LogP contribution in [0.4, 0.5) is 18.9 Å². The molecule has 152 valence electrons. The van der Waals surface area contributed by atoms with E-state index in [0.29, 0.717) is 4.88 Å². The molecule has 1 aromatic carbocycles. The summed E-state index contributed by atoms with van der Waals surface area (Å²) in [5.74, 6) is -1.14. The first-order valence-electron chi connectivity index (χ1n) is 8.17. The molecular weight excluding hydrogens is 473 g/mol. The molecule has 3 rings (SSSR count). The predicted octanol–water partition coefficient (Wildman–Crippen LogP) is 4.43. The number of nitrogens with one attached hydrogen (secondary N) is 1. The van der Waals surface area contributed by atoms with Crippen molar-refractivity contribution in [3.63, 3.8) is 0 Å². The number of benzene rings is 1. The minimum atomic E-state index is -4.68. The van der Waals surface area contributed by atoms with Crippen LogP contribution < -0.4 is 5.32 Å². The number of hydrogen-bond acceptors (Lipinski definition) is 4. The minimum Gasteiger partial charge on any atom is -0.332 e. The first kappa shape index (κ1) is 21.1. The number of alkyl halides is 3. The Morgan fingerprint density at radius 3 is 2.62 bits per heavy atom. The van der Waals surface area contributed by atoms with E-state index in [0.717, 1.165) is 20.8 Å². The highest BCUT2D eigenvalue weighted by atomic mass is 79.9. The summed E-state index contributed by atoms with van der Waals surface area (Å²) in [7, 11) is 1.40. The number of thiophene rings is 1. The van der Waals surface area contributed by atoms with Crippen LogP contribution in [0.25, 0.3) is 5.69 Å². The molecule has 3 aromatic rings. The molecule has 2 heterocycles. The van der Waals surface area contributed by atoms with Crippen molar-refractivity contribution in [1.29, 1.82) is 0 Å². The van der Waals surface area contributed by atoms with Crippen LogP contribution in [0.1, 0.15) is 15.2 Å². The Morgan fingerprint density at radius 2 is 2.03 bits per heavy atom. The summed E-state index contributed by atoms with van der Waals surface area (Å²) in [5.41, 5.74) is -1.19. The highest BCUT2D eigenvalue weighted by Crippen LogP contribution is 2.36. The summed E-state index contributed by atoms with van der Waals surface area (Å²) in [6, 6.07) is 8.36. The number of carbonyl (C=O) groups excluding carboxylic acids is 2. The Balaban J connectivity index is 1.76. The van der Waals surface area contributed by atoms with Crippen LogP contribution in [-0.4, -0.2) is 40.1 Å². The van der Waals surface area contributed by atoms with Crippen molar-refractivity contribution in [2.45, 2.75) is 6.18 Å². The third kappa shape index (κ3) is 5.04. The molecule has 0 aliphatic carbocycles. The Hall–Kier alpha value is -2.66. The predicted molar refractivity (Wildman–Crippen MR) is 106 cm³/mol. The summed E-state index contributed by atoms with van der Waals surface area (Å²) in [6.45, 7) is -0.396.